The summed E-state index contributed by atoms with van der Waals surface area (Å²) in [6, 6.07) is 0. The molecule has 0 heterocycles. The molecule has 0 spiro atoms. The van der Waals surface area contributed by atoms with E-state index in [0.717, 1.165) is 12.8 Å². The van der Waals surface area contributed by atoms with E-state index < -0.39 is 10.2 Å². The Kier molecular flexibility index (Phi) is 11.8. The summed E-state index contributed by atoms with van der Waals surface area (Å²) in [5.74, 6) is 0. The molecule has 109 valence electrons. The number of unbranched alkanes of at least 4 members (excludes halogenated alkanes) is 9. The molecule has 0 atom stereocenters. The molecule has 1 radical (unpaired) electrons. The predicted molar refractivity (Wildman–Crippen MR) is 76.8 cm³/mol. The second kappa shape index (κ2) is 11.9. The summed E-state index contributed by atoms with van der Waals surface area (Å²) < 4.78 is 27.7. The van der Waals surface area contributed by atoms with Crippen molar-refractivity contribution in [1.82, 2.24) is 9.44 Å². The van der Waals surface area contributed by atoms with Crippen molar-refractivity contribution in [3.05, 3.63) is 0 Å². The number of hydrogen-bond donors (Lipinski definition) is 1. The summed E-state index contributed by atoms with van der Waals surface area (Å²) in [4.78, 5) is 0. The molecule has 0 fully saturated rings. The largest absolute Gasteiger partial charge is 0.293 e. The van der Waals surface area contributed by atoms with E-state index in [4.69, 9.17) is 0 Å². The van der Waals surface area contributed by atoms with Crippen molar-refractivity contribution in [3.8, 4) is 0 Å². The first-order valence-corrected chi connectivity index (χ1v) is 8.67. The predicted octanol–water partition coefficient (Wildman–Crippen LogP) is 2.98. The average molecular weight is 277 g/mol. The van der Waals surface area contributed by atoms with Crippen molar-refractivity contribution < 1.29 is 8.42 Å². The monoisotopic (exact) mass is 277 g/mol. The molecule has 1 N–H and O–H groups in total. The minimum Gasteiger partial charge on any atom is -0.201 e. The lowest BCUT2D eigenvalue weighted by atomic mass is 10.1. The summed E-state index contributed by atoms with van der Waals surface area (Å²) in [7, 11) is -2.06. The van der Waals surface area contributed by atoms with Crippen LogP contribution in [0.15, 0.2) is 0 Å². The fourth-order valence-electron chi connectivity index (χ4n) is 1.88. The van der Waals surface area contributed by atoms with Crippen molar-refractivity contribution in [3.63, 3.8) is 0 Å². The Morgan fingerprint density at radius 3 is 1.72 bits per heavy atom. The smallest absolute Gasteiger partial charge is 0.201 e. The minimum atomic E-state index is -3.35. The highest BCUT2D eigenvalue weighted by Crippen LogP contribution is 2.10. The van der Waals surface area contributed by atoms with Crippen molar-refractivity contribution in [1.29, 1.82) is 0 Å². The normalized spacial score (nSPS) is 11.9. The molecule has 18 heavy (non-hydrogen) atoms. The molecule has 0 bridgehead atoms. The number of hydrogen-bond acceptors (Lipinski definition) is 2. The van der Waals surface area contributed by atoms with Gasteiger partial charge in [-0.1, -0.05) is 64.7 Å². The Hall–Kier alpha value is -0.130. The Labute approximate surface area is 113 Å². The van der Waals surface area contributed by atoms with Crippen LogP contribution in [0.1, 0.15) is 71.1 Å². The van der Waals surface area contributed by atoms with Gasteiger partial charge in [0.05, 0.1) is 0 Å². The first-order valence-electron chi connectivity index (χ1n) is 7.23. The van der Waals surface area contributed by atoms with E-state index in [1.54, 1.807) is 0 Å². The van der Waals surface area contributed by atoms with Crippen LogP contribution in [0.2, 0.25) is 0 Å². The highest BCUT2D eigenvalue weighted by atomic mass is 32.2. The number of rotatable bonds is 13. The van der Waals surface area contributed by atoms with Gasteiger partial charge >= 0.3 is 0 Å². The van der Waals surface area contributed by atoms with Crippen LogP contribution in [0, 0.1) is 0 Å². The van der Waals surface area contributed by atoms with Gasteiger partial charge in [-0.2, -0.15) is 8.42 Å². The third kappa shape index (κ3) is 12.3. The lowest BCUT2D eigenvalue weighted by Crippen LogP contribution is -2.30. The zero-order valence-corrected chi connectivity index (χ0v) is 12.8. The maximum absolute atomic E-state index is 11.0. The standard InChI is InChI=1S/C13H29N2O2S/c1-3-4-5-6-7-8-9-10-11-12-13-15-18(16,17)14-2/h15H,3-13H2,1-2H3. The van der Waals surface area contributed by atoms with Crippen LogP contribution in [0.5, 0.6) is 0 Å². The van der Waals surface area contributed by atoms with Gasteiger partial charge in [-0.3, -0.25) is 0 Å². The van der Waals surface area contributed by atoms with E-state index in [2.05, 4.69) is 16.4 Å². The molecule has 0 amide bonds. The van der Waals surface area contributed by atoms with Gasteiger partial charge in [-0.15, -0.1) is 4.72 Å². The lowest BCUT2D eigenvalue weighted by molar-refractivity contribution is 0.546. The number of nitrogens with one attached hydrogen (secondary N) is 1. The van der Waals surface area contributed by atoms with Crippen LogP contribution in [-0.4, -0.2) is 22.0 Å². The molecule has 0 rings (SSSR count). The van der Waals surface area contributed by atoms with Gasteiger partial charge in [0, 0.05) is 13.6 Å². The van der Waals surface area contributed by atoms with Gasteiger partial charge in [-0.25, -0.2) is 4.72 Å². The Morgan fingerprint density at radius 2 is 1.28 bits per heavy atom. The van der Waals surface area contributed by atoms with Gasteiger partial charge in [-0.05, 0) is 6.42 Å². The Balaban J connectivity index is 3.12. The fraction of sp³-hybridized carbons (Fsp3) is 1.00. The van der Waals surface area contributed by atoms with E-state index in [1.807, 2.05) is 0 Å². The van der Waals surface area contributed by atoms with Crippen LogP contribution in [-0.2, 0) is 10.2 Å². The van der Waals surface area contributed by atoms with E-state index in [9.17, 15) is 8.42 Å². The Morgan fingerprint density at radius 1 is 0.833 bits per heavy atom. The molecule has 0 aliphatic heterocycles. The van der Waals surface area contributed by atoms with Gasteiger partial charge in [0.1, 0.15) is 0 Å². The fourth-order valence-corrected chi connectivity index (χ4v) is 2.41. The van der Waals surface area contributed by atoms with Crippen molar-refractivity contribution in [2.24, 2.45) is 0 Å². The number of nitrogens with zero attached hydrogens (tertiary/aromatic N) is 1. The SMILES string of the molecule is CCCCCCCCCCCCNS(=O)(=O)[N]C. The summed E-state index contributed by atoms with van der Waals surface area (Å²) in [6.07, 6.45) is 12.6. The van der Waals surface area contributed by atoms with Crippen molar-refractivity contribution in [2.45, 2.75) is 71.1 Å². The first-order chi connectivity index (χ1) is 8.62. The van der Waals surface area contributed by atoms with Gasteiger partial charge < -0.3 is 0 Å². The topological polar surface area (TPSA) is 60.3 Å². The minimum absolute atomic E-state index is 0.510. The van der Waals surface area contributed by atoms with E-state index in [0.29, 0.717) is 6.54 Å². The summed E-state index contributed by atoms with van der Waals surface area (Å²) in [5, 5.41) is 0. The second-order valence-electron chi connectivity index (χ2n) is 4.73. The zero-order valence-electron chi connectivity index (χ0n) is 12.0. The second-order valence-corrected chi connectivity index (χ2v) is 6.34. The lowest BCUT2D eigenvalue weighted by Gasteiger charge is -2.04. The highest BCUT2D eigenvalue weighted by molar-refractivity contribution is 7.87. The van der Waals surface area contributed by atoms with Crippen molar-refractivity contribution >= 4 is 10.2 Å². The summed E-state index contributed by atoms with van der Waals surface area (Å²) in [5.41, 5.74) is 0. The molecule has 4 nitrogen and oxygen atoms in total. The van der Waals surface area contributed by atoms with Crippen molar-refractivity contribution in [2.75, 3.05) is 13.6 Å². The maximum Gasteiger partial charge on any atom is 0.293 e. The third-order valence-corrected chi connectivity index (χ3v) is 4.10. The quantitative estimate of drug-likeness (QED) is 0.526. The van der Waals surface area contributed by atoms with E-state index >= 15 is 0 Å². The molecule has 0 saturated carbocycles. The molecule has 0 aromatic rings. The van der Waals surface area contributed by atoms with E-state index in [1.165, 1.54) is 58.4 Å². The molecule has 0 aromatic heterocycles. The zero-order chi connectivity index (χ0) is 13.7. The Bertz CT molecular complexity index is 266. The van der Waals surface area contributed by atoms with Gasteiger partial charge in [0.25, 0.3) is 10.2 Å². The molecule has 0 aromatic carbocycles. The maximum atomic E-state index is 11.0. The summed E-state index contributed by atoms with van der Waals surface area (Å²) >= 11 is 0. The van der Waals surface area contributed by atoms with Gasteiger partial charge in [0.2, 0.25) is 0 Å². The van der Waals surface area contributed by atoms with Gasteiger partial charge in [0.15, 0.2) is 0 Å². The average Bonchev–Trinajstić information content (AvgIpc) is 2.36. The molecule has 0 aliphatic carbocycles. The molecular formula is C13H29N2O2S. The van der Waals surface area contributed by atoms with Crippen LogP contribution in [0.25, 0.3) is 0 Å². The van der Waals surface area contributed by atoms with Crippen LogP contribution in [0.3, 0.4) is 0 Å². The molecule has 0 aliphatic rings. The summed E-state index contributed by atoms with van der Waals surface area (Å²) in [6.45, 7) is 2.75. The van der Waals surface area contributed by atoms with Crippen LogP contribution < -0.4 is 9.44 Å². The molecular weight excluding hydrogens is 248 g/mol. The molecule has 0 saturated heterocycles. The third-order valence-electron chi connectivity index (χ3n) is 3.06. The molecule has 0 unspecified atom stereocenters. The first kappa shape index (κ1) is 17.9. The van der Waals surface area contributed by atoms with E-state index in [-0.39, 0.29) is 0 Å². The van der Waals surface area contributed by atoms with Crippen LogP contribution >= 0.6 is 0 Å². The molecule has 5 heteroatoms. The highest BCUT2D eigenvalue weighted by Gasteiger charge is 2.04. The van der Waals surface area contributed by atoms with Crippen LogP contribution in [0.4, 0.5) is 0 Å².